The Morgan fingerprint density at radius 2 is 1.96 bits per heavy atom. The van der Waals surface area contributed by atoms with Crippen molar-refractivity contribution < 1.29 is 9.47 Å². The van der Waals surface area contributed by atoms with Crippen LogP contribution in [0.3, 0.4) is 0 Å². The Labute approximate surface area is 151 Å². The fraction of sp³-hybridized carbons (Fsp3) is 0.111. The third-order valence-corrected chi connectivity index (χ3v) is 4.96. The highest BCUT2D eigenvalue weighted by molar-refractivity contribution is 7.15. The van der Waals surface area contributed by atoms with Crippen LogP contribution in [0.4, 0.5) is 0 Å². The van der Waals surface area contributed by atoms with Crippen molar-refractivity contribution >= 4 is 22.4 Å². The van der Waals surface area contributed by atoms with Crippen LogP contribution < -0.4 is 19.6 Å². The van der Waals surface area contributed by atoms with E-state index in [2.05, 4.69) is 15.1 Å². The summed E-state index contributed by atoms with van der Waals surface area (Å²) in [4.78, 5) is 21.6. The van der Waals surface area contributed by atoms with E-state index in [1.165, 1.54) is 15.9 Å². The number of thiazole rings is 1. The molecule has 0 radical (unpaired) electrons. The number of nitrogens with zero attached hydrogens (tertiary/aromatic N) is 4. The summed E-state index contributed by atoms with van der Waals surface area (Å²) < 4.78 is 13.5. The third-order valence-electron chi connectivity index (χ3n) is 4.00. The van der Waals surface area contributed by atoms with Crippen LogP contribution in [-0.4, -0.2) is 26.2 Å². The second kappa shape index (κ2) is 5.92. The van der Waals surface area contributed by atoms with E-state index in [1.54, 1.807) is 18.5 Å². The molecule has 1 unspecified atom stereocenters. The molecule has 4 aromatic rings. The minimum absolute atomic E-state index is 0.197. The molecule has 1 atom stereocenters. The molecule has 0 amide bonds. The van der Waals surface area contributed by atoms with Gasteiger partial charge < -0.3 is 9.47 Å². The first kappa shape index (κ1) is 15.0. The number of para-hydroxylation sites is 2. The highest BCUT2D eigenvalue weighted by Crippen LogP contribution is 2.35. The molecule has 8 heteroatoms. The molecule has 1 aromatic carbocycles. The monoisotopic (exact) mass is 364 g/mol. The topological polar surface area (TPSA) is 78.6 Å². The smallest absolute Gasteiger partial charge is 0.291 e. The van der Waals surface area contributed by atoms with E-state index in [9.17, 15) is 4.79 Å². The summed E-state index contributed by atoms with van der Waals surface area (Å²) in [6, 6.07) is 11.1. The average Bonchev–Trinajstić information content (AvgIpc) is 3.22. The van der Waals surface area contributed by atoms with Gasteiger partial charge in [-0.2, -0.15) is 9.50 Å². The highest BCUT2D eigenvalue weighted by Gasteiger charge is 2.26. The maximum atomic E-state index is 12.6. The lowest BCUT2D eigenvalue weighted by atomic mass is 10.2. The van der Waals surface area contributed by atoms with Crippen molar-refractivity contribution in [3.8, 4) is 11.5 Å². The number of hydrogen-bond acceptors (Lipinski definition) is 7. The van der Waals surface area contributed by atoms with Crippen LogP contribution in [0.1, 0.15) is 17.5 Å². The highest BCUT2D eigenvalue weighted by atomic mass is 32.1. The molecule has 0 N–H and O–H groups in total. The van der Waals surface area contributed by atoms with Gasteiger partial charge >= 0.3 is 0 Å². The molecule has 5 rings (SSSR count). The fourth-order valence-electron chi connectivity index (χ4n) is 2.74. The number of pyridine rings is 1. The van der Waals surface area contributed by atoms with Gasteiger partial charge in [0.1, 0.15) is 6.61 Å². The minimum Gasteiger partial charge on any atom is -0.485 e. The maximum Gasteiger partial charge on any atom is 0.291 e. The molecule has 0 bridgehead atoms. The minimum atomic E-state index is -0.441. The van der Waals surface area contributed by atoms with Gasteiger partial charge in [-0.3, -0.25) is 9.78 Å². The number of benzene rings is 1. The van der Waals surface area contributed by atoms with Gasteiger partial charge in [0.25, 0.3) is 5.56 Å². The normalized spacial score (nSPS) is 16.9. The number of ether oxygens (including phenoxy) is 2. The van der Waals surface area contributed by atoms with Crippen molar-refractivity contribution in [3.05, 3.63) is 75.1 Å². The van der Waals surface area contributed by atoms with Gasteiger partial charge in [0.05, 0.1) is 4.53 Å². The molecule has 1 aliphatic rings. The molecule has 0 saturated carbocycles. The third kappa shape index (κ3) is 2.51. The molecule has 128 valence electrons. The van der Waals surface area contributed by atoms with Gasteiger partial charge in [-0.1, -0.05) is 23.5 Å². The van der Waals surface area contributed by atoms with Crippen LogP contribution in [0.25, 0.3) is 11.0 Å². The van der Waals surface area contributed by atoms with E-state index < -0.39 is 6.10 Å². The van der Waals surface area contributed by atoms with Gasteiger partial charge in [-0.05, 0) is 35.9 Å². The summed E-state index contributed by atoms with van der Waals surface area (Å²) in [6.07, 6.45) is 4.73. The number of hydrogen-bond donors (Lipinski definition) is 0. The van der Waals surface area contributed by atoms with Crippen LogP contribution in [0.2, 0.25) is 0 Å². The van der Waals surface area contributed by atoms with E-state index in [1.807, 2.05) is 36.4 Å². The summed E-state index contributed by atoms with van der Waals surface area (Å²) in [6.45, 7) is 0.305. The standard InChI is InChI=1S/C18H12N4O3S/c23-17-15(9-11-5-7-19-8-6-11)26-18-20-16(21-22(17)18)14-10-24-12-3-1-2-4-13(12)25-14/h1-9,14H,10H2. The van der Waals surface area contributed by atoms with Crippen molar-refractivity contribution in [1.82, 2.24) is 19.6 Å². The van der Waals surface area contributed by atoms with Crippen LogP contribution in [0.5, 0.6) is 11.5 Å². The lowest BCUT2D eigenvalue weighted by Gasteiger charge is -2.24. The first-order chi connectivity index (χ1) is 12.8. The average molecular weight is 364 g/mol. The predicted molar refractivity (Wildman–Crippen MR) is 95.5 cm³/mol. The van der Waals surface area contributed by atoms with Crippen molar-refractivity contribution in [2.24, 2.45) is 0 Å². The lowest BCUT2D eigenvalue weighted by Crippen LogP contribution is -2.26. The van der Waals surface area contributed by atoms with Gasteiger partial charge in [0.15, 0.2) is 23.4 Å². The van der Waals surface area contributed by atoms with Crippen LogP contribution in [0, 0.1) is 0 Å². The van der Waals surface area contributed by atoms with Crippen LogP contribution >= 0.6 is 11.3 Å². The van der Waals surface area contributed by atoms with Crippen molar-refractivity contribution in [3.63, 3.8) is 0 Å². The summed E-state index contributed by atoms with van der Waals surface area (Å²) in [5, 5.41) is 4.34. The largest absolute Gasteiger partial charge is 0.485 e. The Morgan fingerprint density at radius 1 is 1.15 bits per heavy atom. The fourth-order valence-corrected chi connectivity index (χ4v) is 3.66. The molecule has 0 saturated heterocycles. The van der Waals surface area contributed by atoms with Crippen molar-refractivity contribution in [2.45, 2.75) is 6.10 Å². The molecule has 1 aliphatic heterocycles. The molecular weight excluding hydrogens is 352 g/mol. The second-order valence-electron chi connectivity index (χ2n) is 5.72. The molecule has 0 spiro atoms. The van der Waals surface area contributed by atoms with Crippen molar-refractivity contribution in [1.29, 1.82) is 0 Å². The Hall–Kier alpha value is -3.26. The van der Waals surface area contributed by atoms with E-state index in [4.69, 9.17) is 9.47 Å². The molecule has 0 fully saturated rings. The summed E-state index contributed by atoms with van der Waals surface area (Å²) >= 11 is 1.29. The first-order valence-electron chi connectivity index (χ1n) is 7.98. The quantitative estimate of drug-likeness (QED) is 0.538. The molecule has 7 nitrogen and oxygen atoms in total. The zero-order chi connectivity index (χ0) is 17.5. The van der Waals surface area contributed by atoms with E-state index in [0.29, 0.717) is 33.4 Å². The number of aromatic nitrogens is 4. The number of rotatable bonds is 2. The van der Waals surface area contributed by atoms with E-state index in [0.717, 1.165) is 5.56 Å². The summed E-state index contributed by atoms with van der Waals surface area (Å²) in [5.74, 6) is 1.79. The zero-order valence-corrected chi connectivity index (χ0v) is 14.2. The molecular formula is C18H12N4O3S. The van der Waals surface area contributed by atoms with Gasteiger partial charge in [-0.25, -0.2) is 0 Å². The Balaban J connectivity index is 1.51. The van der Waals surface area contributed by atoms with Gasteiger partial charge in [0, 0.05) is 12.4 Å². The molecule has 3 aromatic heterocycles. The van der Waals surface area contributed by atoms with Crippen LogP contribution in [0.15, 0.2) is 53.6 Å². The molecule has 4 heterocycles. The second-order valence-corrected chi connectivity index (χ2v) is 6.73. The van der Waals surface area contributed by atoms with E-state index in [-0.39, 0.29) is 5.56 Å². The van der Waals surface area contributed by atoms with Crippen molar-refractivity contribution in [2.75, 3.05) is 6.61 Å². The Morgan fingerprint density at radius 3 is 2.77 bits per heavy atom. The zero-order valence-electron chi connectivity index (χ0n) is 13.4. The number of fused-ring (bicyclic) bond motifs is 2. The Bertz CT molecular complexity index is 1200. The SMILES string of the molecule is O=c1c(=Cc2ccncc2)sc2nc(C3COc4ccccc4O3)nn12. The lowest BCUT2D eigenvalue weighted by molar-refractivity contribution is 0.0852. The maximum absolute atomic E-state index is 12.6. The summed E-state index contributed by atoms with van der Waals surface area (Å²) in [7, 11) is 0. The predicted octanol–water partition coefficient (Wildman–Crippen LogP) is 1.61. The summed E-state index contributed by atoms with van der Waals surface area (Å²) in [5.41, 5.74) is 0.708. The van der Waals surface area contributed by atoms with E-state index >= 15 is 0 Å². The van der Waals surface area contributed by atoms with Gasteiger partial charge in [-0.15, -0.1) is 5.10 Å². The van der Waals surface area contributed by atoms with Crippen LogP contribution in [-0.2, 0) is 0 Å². The Kier molecular flexibility index (Phi) is 3.42. The first-order valence-corrected chi connectivity index (χ1v) is 8.79. The van der Waals surface area contributed by atoms with Gasteiger partial charge in [0.2, 0.25) is 4.96 Å². The molecule has 26 heavy (non-hydrogen) atoms. The molecule has 0 aliphatic carbocycles.